The maximum atomic E-state index is 12.9. The van der Waals surface area contributed by atoms with Gasteiger partial charge in [-0.25, -0.2) is 9.97 Å². The van der Waals surface area contributed by atoms with Gasteiger partial charge in [0.1, 0.15) is 17.8 Å². The highest BCUT2D eigenvalue weighted by Gasteiger charge is 2.26. The van der Waals surface area contributed by atoms with E-state index in [4.69, 9.17) is 0 Å². The molecule has 0 spiro atoms. The summed E-state index contributed by atoms with van der Waals surface area (Å²) in [4.78, 5) is 23.1. The van der Waals surface area contributed by atoms with Gasteiger partial charge in [0.2, 0.25) is 0 Å². The lowest BCUT2D eigenvalue weighted by molar-refractivity contribution is 0.0984. The number of nitrogens with one attached hydrogen (secondary N) is 1. The molecule has 4 rings (SSSR count). The average molecular weight is 330 g/mol. The van der Waals surface area contributed by atoms with Crippen LogP contribution in [0.2, 0.25) is 0 Å². The van der Waals surface area contributed by atoms with E-state index in [0.29, 0.717) is 18.1 Å². The second kappa shape index (κ2) is 6.36. The van der Waals surface area contributed by atoms with Gasteiger partial charge in [0, 0.05) is 24.0 Å². The van der Waals surface area contributed by atoms with Crippen LogP contribution in [0.3, 0.4) is 0 Å². The maximum Gasteiger partial charge on any atom is 0.277 e. The largest absolute Gasteiger partial charge is 0.340 e. The summed E-state index contributed by atoms with van der Waals surface area (Å²) < 4.78 is 0. The molecule has 0 radical (unpaired) electrons. The number of hydrogen-bond donors (Lipinski definition) is 1. The second-order valence-corrected chi connectivity index (χ2v) is 6.12. The quantitative estimate of drug-likeness (QED) is 0.795. The predicted octanol–water partition coefficient (Wildman–Crippen LogP) is 3.73. The van der Waals surface area contributed by atoms with Crippen LogP contribution in [-0.4, -0.2) is 22.4 Å². The fraction of sp³-hybridized carbons (Fsp3) is 0.150. The summed E-state index contributed by atoms with van der Waals surface area (Å²) in [6.45, 7) is 2.72. The van der Waals surface area contributed by atoms with E-state index in [1.807, 2.05) is 49.4 Å². The van der Waals surface area contributed by atoms with Crippen molar-refractivity contribution in [2.75, 3.05) is 16.8 Å². The average Bonchev–Trinajstić information content (AvgIpc) is 3.05. The van der Waals surface area contributed by atoms with Crippen LogP contribution in [-0.2, 0) is 6.42 Å². The van der Waals surface area contributed by atoms with E-state index in [-0.39, 0.29) is 5.91 Å². The lowest BCUT2D eigenvalue weighted by Gasteiger charge is -2.17. The summed E-state index contributed by atoms with van der Waals surface area (Å²) in [7, 11) is 0. The number of carbonyl (C=O) groups is 1. The lowest BCUT2D eigenvalue weighted by atomic mass is 10.2. The number of aromatic nitrogens is 2. The minimum atomic E-state index is -0.0976. The Bertz CT molecular complexity index is 938. The maximum absolute atomic E-state index is 12.9. The number of fused-ring (bicyclic) bond motifs is 1. The third-order valence-electron chi connectivity index (χ3n) is 4.31. The highest BCUT2D eigenvalue weighted by atomic mass is 16.2. The van der Waals surface area contributed by atoms with E-state index in [1.165, 1.54) is 11.9 Å². The number of amides is 1. The number of rotatable bonds is 3. The molecule has 2 heterocycles. The van der Waals surface area contributed by atoms with E-state index < -0.39 is 0 Å². The normalized spacial score (nSPS) is 12.8. The molecule has 0 atom stereocenters. The zero-order valence-electron chi connectivity index (χ0n) is 13.9. The van der Waals surface area contributed by atoms with Crippen molar-refractivity contribution in [3.63, 3.8) is 0 Å². The number of anilines is 3. The van der Waals surface area contributed by atoms with Crippen LogP contribution in [0.4, 0.5) is 17.2 Å². The third-order valence-corrected chi connectivity index (χ3v) is 4.31. The van der Waals surface area contributed by atoms with Crippen molar-refractivity contribution in [3.8, 4) is 0 Å². The number of benzene rings is 2. The Labute approximate surface area is 146 Å². The Hall–Kier alpha value is -3.21. The summed E-state index contributed by atoms with van der Waals surface area (Å²) >= 11 is 0. The molecule has 2 aromatic carbocycles. The number of carbonyl (C=O) groups excluding carboxylic acids is 1. The van der Waals surface area contributed by atoms with Gasteiger partial charge in [0.25, 0.3) is 5.91 Å². The third kappa shape index (κ3) is 3.08. The molecular weight excluding hydrogens is 312 g/mol. The zero-order valence-corrected chi connectivity index (χ0v) is 13.9. The van der Waals surface area contributed by atoms with Gasteiger partial charge in [0.15, 0.2) is 0 Å². The van der Waals surface area contributed by atoms with Crippen LogP contribution in [0.25, 0.3) is 0 Å². The molecule has 0 fully saturated rings. The highest BCUT2D eigenvalue weighted by molar-refractivity contribution is 6.06. The number of para-hydroxylation sites is 1. The van der Waals surface area contributed by atoms with Crippen LogP contribution in [0.15, 0.2) is 60.9 Å². The van der Waals surface area contributed by atoms with E-state index in [1.54, 1.807) is 11.0 Å². The lowest BCUT2D eigenvalue weighted by Crippen LogP contribution is -2.29. The first-order valence-corrected chi connectivity index (χ1v) is 8.26. The Morgan fingerprint density at radius 2 is 1.96 bits per heavy atom. The Morgan fingerprint density at radius 1 is 1.08 bits per heavy atom. The standard InChI is InChI=1S/C20H18N4O/c1-14-5-4-7-16(11-14)23-19-12-17(21-13-22-19)20(25)24-10-9-15-6-2-3-8-18(15)24/h2-8,11-13H,9-10H2,1H3,(H,21,22,23). The topological polar surface area (TPSA) is 58.1 Å². The molecule has 1 amide bonds. The summed E-state index contributed by atoms with van der Waals surface area (Å²) in [5.74, 6) is 0.510. The SMILES string of the molecule is Cc1cccc(Nc2cc(C(=O)N3CCc4ccccc43)ncn2)c1. The van der Waals surface area contributed by atoms with Crippen molar-refractivity contribution in [1.82, 2.24) is 9.97 Å². The van der Waals surface area contributed by atoms with Gasteiger partial charge >= 0.3 is 0 Å². The van der Waals surface area contributed by atoms with Gasteiger partial charge in [-0.15, -0.1) is 0 Å². The van der Waals surface area contributed by atoms with Crippen LogP contribution in [0.1, 0.15) is 21.6 Å². The molecule has 3 aromatic rings. The smallest absolute Gasteiger partial charge is 0.277 e. The fourth-order valence-electron chi connectivity index (χ4n) is 3.10. The number of hydrogen-bond acceptors (Lipinski definition) is 4. The molecule has 1 aliphatic heterocycles. The van der Waals surface area contributed by atoms with Crippen LogP contribution in [0.5, 0.6) is 0 Å². The van der Waals surface area contributed by atoms with Crippen molar-refractivity contribution in [2.45, 2.75) is 13.3 Å². The summed E-state index contributed by atoms with van der Waals surface area (Å²) in [5.41, 5.74) is 4.65. The van der Waals surface area contributed by atoms with Crippen molar-refractivity contribution in [3.05, 3.63) is 77.7 Å². The van der Waals surface area contributed by atoms with Crippen molar-refractivity contribution < 1.29 is 4.79 Å². The van der Waals surface area contributed by atoms with Crippen LogP contribution in [0, 0.1) is 6.92 Å². The van der Waals surface area contributed by atoms with Gasteiger partial charge in [-0.1, -0.05) is 30.3 Å². The molecule has 1 N–H and O–H groups in total. The second-order valence-electron chi connectivity index (χ2n) is 6.12. The summed E-state index contributed by atoms with van der Waals surface area (Å²) in [6.07, 6.45) is 2.30. The van der Waals surface area contributed by atoms with E-state index in [2.05, 4.69) is 21.4 Å². The Morgan fingerprint density at radius 3 is 2.84 bits per heavy atom. The van der Waals surface area contributed by atoms with E-state index in [0.717, 1.165) is 23.4 Å². The fourth-order valence-corrected chi connectivity index (χ4v) is 3.10. The first kappa shape index (κ1) is 15.3. The van der Waals surface area contributed by atoms with Gasteiger partial charge in [0.05, 0.1) is 0 Å². The molecule has 25 heavy (non-hydrogen) atoms. The summed E-state index contributed by atoms with van der Waals surface area (Å²) in [6, 6.07) is 17.7. The molecule has 0 unspecified atom stereocenters. The van der Waals surface area contributed by atoms with Gasteiger partial charge < -0.3 is 10.2 Å². The highest BCUT2D eigenvalue weighted by Crippen LogP contribution is 2.28. The van der Waals surface area contributed by atoms with Crippen molar-refractivity contribution in [2.24, 2.45) is 0 Å². The zero-order chi connectivity index (χ0) is 17.2. The van der Waals surface area contributed by atoms with Gasteiger partial charge in [-0.05, 0) is 42.7 Å². The summed E-state index contributed by atoms with van der Waals surface area (Å²) in [5, 5.41) is 3.23. The van der Waals surface area contributed by atoms with Gasteiger partial charge in [-0.2, -0.15) is 0 Å². The molecule has 0 bridgehead atoms. The molecular formula is C20H18N4O. The van der Waals surface area contributed by atoms with E-state index in [9.17, 15) is 4.79 Å². The predicted molar refractivity (Wildman–Crippen MR) is 98.3 cm³/mol. The molecule has 1 aromatic heterocycles. The Balaban J connectivity index is 1.58. The number of aryl methyl sites for hydroxylation is 1. The molecule has 0 aliphatic carbocycles. The molecule has 0 saturated heterocycles. The number of nitrogens with zero attached hydrogens (tertiary/aromatic N) is 3. The van der Waals surface area contributed by atoms with Crippen molar-refractivity contribution >= 4 is 23.1 Å². The first-order chi connectivity index (χ1) is 12.2. The molecule has 1 aliphatic rings. The van der Waals surface area contributed by atoms with Gasteiger partial charge in [-0.3, -0.25) is 4.79 Å². The molecule has 5 nitrogen and oxygen atoms in total. The first-order valence-electron chi connectivity index (χ1n) is 8.26. The molecule has 5 heteroatoms. The van der Waals surface area contributed by atoms with Crippen LogP contribution < -0.4 is 10.2 Å². The minimum Gasteiger partial charge on any atom is -0.340 e. The Kier molecular flexibility index (Phi) is 3.90. The minimum absolute atomic E-state index is 0.0976. The van der Waals surface area contributed by atoms with Crippen molar-refractivity contribution in [1.29, 1.82) is 0 Å². The van der Waals surface area contributed by atoms with E-state index >= 15 is 0 Å². The van der Waals surface area contributed by atoms with Crippen LogP contribution >= 0.6 is 0 Å². The molecule has 0 saturated carbocycles. The molecule has 124 valence electrons. The monoisotopic (exact) mass is 330 g/mol.